The molecule has 2 heterocycles. The van der Waals surface area contributed by atoms with Crippen molar-refractivity contribution in [1.82, 2.24) is 9.97 Å². The minimum Gasteiger partial charge on any atom is -0.457 e. The molecule has 3 nitrogen and oxygen atoms in total. The molecule has 0 saturated heterocycles. The van der Waals surface area contributed by atoms with Crippen molar-refractivity contribution >= 4 is 0 Å². The van der Waals surface area contributed by atoms with Crippen LogP contribution in [-0.4, -0.2) is 9.97 Å². The van der Waals surface area contributed by atoms with E-state index in [1.165, 1.54) is 50.1 Å². The average Bonchev–Trinajstić information content (AvgIpc) is 3.71. The van der Waals surface area contributed by atoms with Crippen molar-refractivity contribution in [1.29, 1.82) is 0 Å². The summed E-state index contributed by atoms with van der Waals surface area (Å²) in [6.07, 6.45) is 9.21. The summed E-state index contributed by atoms with van der Waals surface area (Å²) in [5, 5.41) is 0. The first-order valence-electron chi connectivity index (χ1n) is 20.7. The molecule has 3 heteroatoms. The van der Waals surface area contributed by atoms with Gasteiger partial charge in [0.2, 0.25) is 0 Å². The minimum absolute atomic E-state index is 0.0519. The van der Waals surface area contributed by atoms with Crippen molar-refractivity contribution in [2.45, 2.75) is 30.6 Å². The molecule has 4 aliphatic rings. The van der Waals surface area contributed by atoms with Crippen LogP contribution in [0.25, 0.3) is 56.2 Å². The van der Waals surface area contributed by atoms with Crippen LogP contribution in [0.4, 0.5) is 0 Å². The quantitative estimate of drug-likeness (QED) is 0.179. The highest BCUT2D eigenvalue weighted by Crippen LogP contribution is 2.65. The number of allylic oxidation sites excluding steroid dienone is 4. The van der Waals surface area contributed by atoms with E-state index in [9.17, 15) is 0 Å². The molecule has 0 bridgehead atoms. The van der Waals surface area contributed by atoms with Gasteiger partial charge in [0.15, 0.2) is 5.82 Å². The van der Waals surface area contributed by atoms with Gasteiger partial charge in [-0.1, -0.05) is 178 Å². The van der Waals surface area contributed by atoms with Crippen molar-refractivity contribution in [2.75, 3.05) is 0 Å². The van der Waals surface area contributed by atoms with Gasteiger partial charge in [-0.15, -0.1) is 0 Å². The lowest BCUT2D eigenvalue weighted by Crippen LogP contribution is -2.37. The van der Waals surface area contributed by atoms with Crippen LogP contribution in [0, 0.1) is 5.92 Å². The number of ether oxygens (including phenoxy) is 1. The smallest absolute Gasteiger partial charge is 0.160 e. The Morgan fingerprint density at radius 2 is 1.05 bits per heavy atom. The molecule has 280 valence electrons. The maximum atomic E-state index is 6.64. The molecular weight excluding hydrogens is 717 g/mol. The topological polar surface area (TPSA) is 35.0 Å². The number of hydrogen-bond donors (Lipinski definition) is 0. The van der Waals surface area contributed by atoms with Crippen molar-refractivity contribution in [3.8, 4) is 67.7 Å². The van der Waals surface area contributed by atoms with Crippen LogP contribution in [0.5, 0.6) is 11.5 Å². The van der Waals surface area contributed by atoms with Crippen LogP contribution < -0.4 is 4.74 Å². The first-order valence-corrected chi connectivity index (χ1v) is 20.7. The van der Waals surface area contributed by atoms with Gasteiger partial charge in [-0.2, -0.15) is 0 Å². The Morgan fingerprint density at radius 1 is 0.441 bits per heavy atom. The van der Waals surface area contributed by atoms with E-state index in [-0.39, 0.29) is 17.3 Å². The number of para-hydroxylation sites is 2. The fourth-order valence-electron chi connectivity index (χ4n) is 10.8. The van der Waals surface area contributed by atoms with E-state index in [1.807, 2.05) is 6.07 Å². The lowest BCUT2D eigenvalue weighted by atomic mass is 9.62. The first kappa shape index (κ1) is 34.0. The second-order valence-electron chi connectivity index (χ2n) is 16.8. The monoisotopic (exact) mass is 756 g/mol. The molecule has 2 atom stereocenters. The highest BCUT2D eigenvalue weighted by molar-refractivity contribution is 5.89. The predicted octanol–water partition coefficient (Wildman–Crippen LogP) is 13.7. The molecule has 59 heavy (non-hydrogen) atoms. The number of nitrogens with zero attached hydrogens (tertiary/aromatic N) is 2. The van der Waals surface area contributed by atoms with Gasteiger partial charge in [0.05, 0.1) is 16.8 Å². The summed E-state index contributed by atoms with van der Waals surface area (Å²) in [5.74, 6) is 2.94. The number of aromatic nitrogens is 2. The highest BCUT2D eigenvalue weighted by Gasteiger charge is 2.56. The SMILES string of the molecule is CC1(C)c2ccccc2-c2cc(-c3ccccc3-c3cc(-c4ccc5c(c4)C4(c6ccccc6Oc6ccccc64)C4C=CC=CC54)nc(-c4ccccc4)n3)ccc21. The zero-order chi connectivity index (χ0) is 39.3. The van der Waals surface area contributed by atoms with Crippen LogP contribution in [-0.2, 0) is 10.8 Å². The number of fused-ring (bicyclic) bond motifs is 12. The molecule has 0 saturated carbocycles. The van der Waals surface area contributed by atoms with Crippen molar-refractivity contribution < 1.29 is 4.74 Å². The molecule has 2 unspecified atom stereocenters. The standard InChI is InChI=1S/C56H40N2O/c1-55(2)44-22-10-8-20-40(44)43-32-36(29-31-45(43)55)38-18-6-7-21-42(38)51-34-50(57-54(58-51)35-16-4-3-5-17-35)37-28-30-41-39-19-9-11-23-46(39)56(49(41)33-37)47-24-12-14-26-52(47)59-53-27-15-13-25-48(53)56/h3-34,39,46H,1-2H3. The molecule has 7 aromatic carbocycles. The van der Waals surface area contributed by atoms with Gasteiger partial charge in [0, 0.05) is 45.1 Å². The van der Waals surface area contributed by atoms with Gasteiger partial charge in [-0.25, -0.2) is 9.97 Å². The third-order valence-electron chi connectivity index (χ3n) is 13.5. The molecule has 0 fully saturated rings. The summed E-state index contributed by atoms with van der Waals surface area (Å²) in [6.45, 7) is 4.67. The number of rotatable bonds is 4. The zero-order valence-corrected chi connectivity index (χ0v) is 32.9. The van der Waals surface area contributed by atoms with Crippen molar-refractivity contribution in [3.63, 3.8) is 0 Å². The summed E-state index contributed by atoms with van der Waals surface area (Å²) >= 11 is 0. The Morgan fingerprint density at radius 3 is 1.83 bits per heavy atom. The Hall–Kier alpha value is -7.10. The fraction of sp³-hybridized carbons (Fsp3) is 0.107. The fourth-order valence-corrected chi connectivity index (χ4v) is 10.8. The largest absolute Gasteiger partial charge is 0.457 e. The second-order valence-corrected chi connectivity index (χ2v) is 16.8. The van der Waals surface area contributed by atoms with Crippen LogP contribution in [0.2, 0.25) is 0 Å². The molecule has 8 aromatic rings. The van der Waals surface area contributed by atoms with Crippen molar-refractivity contribution in [3.05, 3.63) is 228 Å². The highest BCUT2D eigenvalue weighted by atomic mass is 16.5. The zero-order valence-electron chi connectivity index (χ0n) is 32.9. The van der Waals surface area contributed by atoms with E-state index in [4.69, 9.17) is 14.7 Å². The molecule has 3 aliphatic carbocycles. The van der Waals surface area contributed by atoms with E-state index in [1.54, 1.807) is 0 Å². The van der Waals surface area contributed by atoms with Crippen LogP contribution in [0.15, 0.2) is 194 Å². The molecule has 1 aromatic heterocycles. The number of benzene rings is 7. The third kappa shape index (κ3) is 4.88. The van der Waals surface area contributed by atoms with Crippen LogP contribution in [0.1, 0.15) is 53.1 Å². The third-order valence-corrected chi connectivity index (χ3v) is 13.5. The van der Waals surface area contributed by atoms with Gasteiger partial charge in [-0.3, -0.25) is 0 Å². The first-order chi connectivity index (χ1) is 29.0. The molecule has 1 spiro atoms. The Balaban J connectivity index is 1.06. The Bertz CT molecular complexity index is 3040. The molecule has 0 radical (unpaired) electrons. The summed E-state index contributed by atoms with van der Waals surface area (Å²) in [7, 11) is 0. The van der Waals surface area contributed by atoms with E-state index in [2.05, 4.69) is 202 Å². The molecule has 0 amide bonds. The summed E-state index contributed by atoms with van der Waals surface area (Å²) in [5.41, 5.74) is 17.1. The van der Waals surface area contributed by atoms with Gasteiger partial charge < -0.3 is 4.74 Å². The lowest BCUT2D eigenvalue weighted by molar-refractivity contribution is 0.374. The second kappa shape index (κ2) is 12.7. The molecule has 0 N–H and O–H groups in total. The Labute approximate surface area is 345 Å². The summed E-state index contributed by atoms with van der Waals surface area (Å²) < 4.78 is 6.64. The minimum atomic E-state index is -0.450. The van der Waals surface area contributed by atoms with Crippen LogP contribution in [0.3, 0.4) is 0 Å². The van der Waals surface area contributed by atoms with E-state index in [0.29, 0.717) is 5.82 Å². The maximum Gasteiger partial charge on any atom is 0.160 e. The van der Waals surface area contributed by atoms with Crippen LogP contribution >= 0.6 is 0 Å². The van der Waals surface area contributed by atoms with Gasteiger partial charge in [-0.05, 0) is 74.8 Å². The molecule has 12 rings (SSSR count). The summed E-state index contributed by atoms with van der Waals surface area (Å²) in [4.78, 5) is 10.7. The molecule has 1 aliphatic heterocycles. The van der Waals surface area contributed by atoms with E-state index < -0.39 is 5.41 Å². The number of hydrogen-bond acceptors (Lipinski definition) is 3. The maximum absolute atomic E-state index is 6.64. The Kier molecular flexibility index (Phi) is 7.32. The van der Waals surface area contributed by atoms with Gasteiger partial charge in [0.25, 0.3) is 0 Å². The van der Waals surface area contributed by atoms with Gasteiger partial charge >= 0.3 is 0 Å². The predicted molar refractivity (Wildman–Crippen MR) is 239 cm³/mol. The normalized spacial score (nSPS) is 17.9. The van der Waals surface area contributed by atoms with E-state index >= 15 is 0 Å². The van der Waals surface area contributed by atoms with Gasteiger partial charge in [0.1, 0.15) is 11.5 Å². The average molecular weight is 757 g/mol. The summed E-state index contributed by atoms with van der Waals surface area (Å²) in [6, 6.07) is 61.4. The lowest BCUT2D eigenvalue weighted by Gasteiger charge is -2.43. The molecular formula is C56H40N2O. The van der Waals surface area contributed by atoms with E-state index in [0.717, 1.165) is 45.1 Å². The van der Waals surface area contributed by atoms with Crippen molar-refractivity contribution in [2.24, 2.45) is 5.92 Å².